The molecule has 0 saturated carbocycles. The summed E-state index contributed by atoms with van der Waals surface area (Å²) < 4.78 is 7.12. The van der Waals surface area contributed by atoms with Gasteiger partial charge in [0.25, 0.3) is 0 Å². The molecule has 1 aromatic carbocycles. The minimum absolute atomic E-state index is 0.547. The van der Waals surface area contributed by atoms with Crippen molar-refractivity contribution < 1.29 is 4.74 Å². The summed E-state index contributed by atoms with van der Waals surface area (Å²) >= 11 is 0. The van der Waals surface area contributed by atoms with E-state index in [-0.39, 0.29) is 0 Å². The lowest BCUT2D eigenvalue weighted by molar-refractivity contribution is 0.414. The zero-order valence-electron chi connectivity index (χ0n) is 10.8. The topological polar surface area (TPSA) is 66.0 Å². The molecule has 0 amide bonds. The van der Waals surface area contributed by atoms with Crippen molar-refractivity contribution in [2.24, 2.45) is 7.05 Å². The van der Waals surface area contributed by atoms with Gasteiger partial charge >= 0.3 is 0 Å². The van der Waals surface area contributed by atoms with E-state index in [0.717, 1.165) is 27.8 Å². The lowest BCUT2D eigenvalue weighted by Crippen LogP contribution is -1.92. The Kier molecular flexibility index (Phi) is 2.59. The Morgan fingerprint density at radius 2 is 2.11 bits per heavy atom. The molecule has 0 atom stereocenters. The number of rotatable bonds is 2. The van der Waals surface area contributed by atoms with Crippen molar-refractivity contribution in [2.45, 2.75) is 0 Å². The van der Waals surface area contributed by atoms with Crippen LogP contribution in [-0.2, 0) is 7.05 Å². The first kappa shape index (κ1) is 11.5. The summed E-state index contributed by atoms with van der Waals surface area (Å²) in [7, 11) is 3.52. The standard InChI is InChI=1S/C14H14N4O/c1-18-12-7-9(3-4-11(12)14(15)17-18)10-5-6-16-8-13(10)19-2/h3-8H,1-2H3,(H2,15,17). The average Bonchev–Trinajstić information content (AvgIpc) is 2.73. The maximum atomic E-state index is 5.86. The quantitative estimate of drug-likeness (QED) is 0.761. The van der Waals surface area contributed by atoms with Crippen molar-refractivity contribution in [2.75, 3.05) is 12.8 Å². The molecule has 3 rings (SSSR count). The third-order valence-electron chi connectivity index (χ3n) is 3.20. The van der Waals surface area contributed by atoms with E-state index in [1.165, 1.54) is 0 Å². The maximum Gasteiger partial charge on any atom is 0.153 e. The Labute approximate surface area is 110 Å². The molecule has 96 valence electrons. The number of aryl methyl sites for hydroxylation is 1. The third-order valence-corrected chi connectivity index (χ3v) is 3.20. The number of methoxy groups -OCH3 is 1. The largest absolute Gasteiger partial charge is 0.494 e. The SMILES string of the molecule is COc1cnccc1-c1ccc2c(N)nn(C)c2c1. The number of ether oxygens (including phenoxy) is 1. The first-order valence-electron chi connectivity index (χ1n) is 5.91. The van der Waals surface area contributed by atoms with Crippen molar-refractivity contribution in [1.82, 2.24) is 14.8 Å². The highest BCUT2D eigenvalue weighted by molar-refractivity contribution is 5.92. The van der Waals surface area contributed by atoms with Crippen LogP contribution in [0.4, 0.5) is 5.82 Å². The lowest BCUT2D eigenvalue weighted by Gasteiger charge is -2.08. The molecule has 0 fully saturated rings. The summed E-state index contributed by atoms with van der Waals surface area (Å²) in [6.45, 7) is 0. The third kappa shape index (κ3) is 1.79. The van der Waals surface area contributed by atoms with Gasteiger partial charge in [-0.15, -0.1) is 0 Å². The van der Waals surface area contributed by atoms with Gasteiger partial charge in [0.05, 0.1) is 18.8 Å². The number of fused-ring (bicyclic) bond motifs is 1. The van der Waals surface area contributed by atoms with Gasteiger partial charge in [0.2, 0.25) is 0 Å². The second-order valence-electron chi connectivity index (χ2n) is 4.32. The number of anilines is 1. The minimum Gasteiger partial charge on any atom is -0.494 e. The summed E-state index contributed by atoms with van der Waals surface area (Å²) in [5.41, 5.74) is 8.90. The second-order valence-corrected chi connectivity index (χ2v) is 4.32. The number of nitrogens with zero attached hydrogens (tertiary/aromatic N) is 3. The van der Waals surface area contributed by atoms with Crippen LogP contribution in [0.3, 0.4) is 0 Å². The monoisotopic (exact) mass is 254 g/mol. The van der Waals surface area contributed by atoms with Crippen LogP contribution in [0.25, 0.3) is 22.0 Å². The van der Waals surface area contributed by atoms with Crippen LogP contribution >= 0.6 is 0 Å². The summed E-state index contributed by atoms with van der Waals surface area (Å²) in [5.74, 6) is 1.29. The first-order valence-corrected chi connectivity index (χ1v) is 5.91. The van der Waals surface area contributed by atoms with Gasteiger partial charge in [-0.3, -0.25) is 9.67 Å². The van der Waals surface area contributed by atoms with Crippen LogP contribution in [-0.4, -0.2) is 21.9 Å². The molecule has 2 N–H and O–H groups in total. The van der Waals surface area contributed by atoms with Crippen molar-refractivity contribution in [3.8, 4) is 16.9 Å². The minimum atomic E-state index is 0.547. The average molecular weight is 254 g/mol. The Bertz CT molecular complexity index is 748. The number of hydrogen-bond donors (Lipinski definition) is 1. The van der Waals surface area contributed by atoms with Crippen LogP contribution in [0.5, 0.6) is 5.75 Å². The van der Waals surface area contributed by atoms with E-state index in [1.807, 2.05) is 25.2 Å². The van der Waals surface area contributed by atoms with Crippen molar-refractivity contribution >= 4 is 16.7 Å². The molecule has 0 radical (unpaired) electrons. The fourth-order valence-corrected chi connectivity index (χ4v) is 2.23. The Morgan fingerprint density at radius 3 is 2.89 bits per heavy atom. The highest BCUT2D eigenvalue weighted by atomic mass is 16.5. The van der Waals surface area contributed by atoms with Gasteiger partial charge in [-0.05, 0) is 23.8 Å². The van der Waals surface area contributed by atoms with Crippen LogP contribution in [0.2, 0.25) is 0 Å². The van der Waals surface area contributed by atoms with E-state index in [9.17, 15) is 0 Å². The zero-order chi connectivity index (χ0) is 13.4. The molecule has 2 heterocycles. The highest BCUT2D eigenvalue weighted by Gasteiger charge is 2.10. The van der Waals surface area contributed by atoms with E-state index in [2.05, 4.69) is 16.1 Å². The van der Waals surface area contributed by atoms with Crippen molar-refractivity contribution in [1.29, 1.82) is 0 Å². The fraction of sp³-hybridized carbons (Fsp3) is 0.143. The van der Waals surface area contributed by atoms with Gasteiger partial charge < -0.3 is 10.5 Å². The fourth-order valence-electron chi connectivity index (χ4n) is 2.23. The van der Waals surface area contributed by atoms with Gasteiger partial charge in [0.1, 0.15) is 5.75 Å². The van der Waals surface area contributed by atoms with Crippen LogP contribution in [0.15, 0.2) is 36.7 Å². The predicted molar refractivity (Wildman–Crippen MR) is 74.9 cm³/mol. The Hall–Kier alpha value is -2.56. The Balaban J connectivity index is 2.23. The van der Waals surface area contributed by atoms with E-state index in [1.54, 1.807) is 24.2 Å². The number of nitrogens with two attached hydrogens (primary N) is 1. The molecule has 5 nitrogen and oxygen atoms in total. The zero-order valence-corrected chi connectivity index (χ0v) is 10.8. The highest BCUT2D eigenvalue weighted by Crippen LogP contribution is 2.32. The molecule has 3 aromatic rings. The summed E-state index contributed by atoms with van der Waals surface area (Å²) in [4.78, 5) is 4.06. The second kappa shape index (κ2) is 4.28. The molecular weight excluding hydrogens is 240 g/mol. The number of hydrogen-bond acceptors (Lipinski definition) is 4. The van der Waals surface area contributed by atoms with Crippen LogP contribution in [0.1, 0.15) is 0 Å². The van der Waals surface area contributed by atoms with Gasteiger partial charge in [0.15, 0.2) is 5.82 Å². The van der Waals surface area contributed by atoms with Crippen molar-refractivity contribution in [3.63, 3.8) is 0 Å². The molecule has 0 aliphatic carbocycles. The number of nitrogen functional groups attached to an aromatic ring is 1. The number of benzene rings is 1. The molecule has 0 aliphatic heterocycles. The summed E-state index contributed by atoms with van der Waals surface area (Å²) in [5, 5.41) is 5.18. The van der Waals surface area contributed by atoms with Gasteiger partial charge in [-0.1, -0.05) is 6.07 Å². The molecule has 0 spiro atoms. The van der Waals surface area contributed by atoms with Crippen LogP contribution in [0, 0.1) is 0 Å². The lowest BCUT2D eigenvalue weighted by atomic mass is 10.0. The van der Waals surface area contributed by atoms with Crippen LogP contribution < -0.4 is 10.5 Å². The van der Waals surface area contributed by atoms with E-state index >= 15 is 0 Å². The van der Waals surface area contributed by atoms with E-state index < -0.39 is 0 Å². The molecule has 0 saturated heterocycles. The molecule has 19 heavy (non-hydrogen) atoms. The van der Waals surface area contributed by atoms with E-state index in [4.69, 9.17) is 10.5 Å². The number of aromatic nitrogens is 3. The molecule has 0 unspecified atom stereocenters. The van der Waals surface area contributed by atoms with Gasteiger partial charge in [-0.25, -0.2) is 0 Å². The summed E-state index contributed by atoms with van der Waals surface area (Å²) in [6.07, 6.45) is 3.46. The first-order chi connectivity index (χ1) is 9.20. The molecule has 5 heteroatoms. The van der Waals surface area contributed by atoms with Gasteiger partial charge in [-0.2, -0.15) is 5.10 Å². The summed E-state index contributed by atoms with van der Waals surface area (Å²) in [6, 6.07) is 7.97. The Morgan fingerprint density at radius 1 is 1.26 bits per heavy atom. The smallest absolute Gasteiger partial charge is 0.153 e. The molecule has 2 aromatic heterocycles. The molecule has 0 aliphatic rings. The van der Waals surface area contributed by atoms with Gasteiger partial charge in [0, 0.05) is 24.2 Å². The molecule has 0 bridgehead atoms. The maximum absolute atomic E-state index is 5.86. The van der Waals surface area contributed by atoms with E-state index in [0.29, 0.717) is 5.82 Å². The number of pyridine rings is 1. The predicted octanol–water partition coefficient (Wildman–Crippen LogP) is 2.23. The van der Waals surface area contributed by atoms with Crippen molar-refractivity contribution in [3.05, 3.63) is 36.7 Å². The molecular formula is C14H14N4O. The normalized spacial score (nSPS) is 10.8.